The van der Waals surface area contributed by atoms with Crippen LogP contribution in [0.2, 0.25) is 0 Å². The van der Waals surface area contributed by atoms with E-state index >= 15 is 0 Å². The summed E-state index contributed by atoms with van der Waals surface area (Å²) in [6.45, 7) is 1.79. The van der Waals surface area contributed by atoms with Crippen molar-refractivity contribution in [3.05, 3.63) is 77.6 Å². The number of carbonyl (C=O) groups is 1. The number of amides is 1. The highest BCUT2D eigenvalue weighted by molar-refractivity contribution is 6.01. The van der Waals surface area contributed by atoms with E-state index in [1.807, 2.05) is 48.5 Å². The molecule has 5 nitrogen and oxygen atoms in total. The van der Waals surface area contributed by atoms with E-state index in [9.17, 15) is 4.79 Å². The zero-order chi connectivity index (χ0) is 21.1. The Kier molecular flexibility index (Phi) is 5.73. The molecule has 1 unspecified atom stereocenters. The maximum atomic E-state index is 13.6. The van der Waals surface area contributed by atoms with Crippen LogP contribution in [0.5, 0.6) is 0 Å². The van der Waals surface area contributed by atoms with E-state index in [-0.39, 0.29) is 17.5 Å². The summed E-state index contributed by atoms with van der Waals surface area (Å²) in [5.74, 6) is 0.387. The Morgan fingerprint density at radius 2 is 1.63 bits per heavy atom. The normalized spacial score (nSPS) is 16.5. The first kappa shape index (κ1) is 20.4. The Morgan fingerprint density at radius 1 is 1.03 bits per heavy atom. The maximum absolute atomic E-state index is 13.6. The van der Waals surface area contributed by atoms with Crippen molar-refractivity contribution in [1.82, 2.24) is 15.4 Å². The van der Waals surface area contributed by atoms with Gasteiger partial charge in [0.25, 0.3) is 5.91 Å². The van der Waals surface area contributed by atoms with Crippen molar-refractivity contribution in [2.45, 2.75) is 44.2 Å². The number of likely N-dealkylation sites (N-methyl/N-ethyl adjacent to an activating group) is 1. The third-order valence-corrected chi connectivity index (χ3v) is 6.44. The third-order valence-electron chi connectivity index (χ3n) is 6.44. The Hall–Kier alpha value is -2.92. The molecule has 2 aromatic carbocycles. The molecule has 1 heterocycles. The standard InChI is InChI=1S/C25H29N3O2/c1-18-21(22(27-30-18)19-12-6-4-7-13-19)24(29)26-23(20-14-8-5-9-15-20)25(28(2)3)16-10-11-17-25/h4-9,12-15,23H,10-11,16-17H2,1-3H3,(H,26,29). The largest absolute Gasteiger partial charge is 0.360 e. The van der Waals surface area contributed by atoms with Gasteiger partial charge in [-0.1, -0.05) is 78.7 Å². The summed E-state index contributed by atoms with van der Waals surface area (Å²) in [6.07, 6.45) is 4.43. The second-order valence-electron chi connectivity index (χ2n) is 8.35. The number of carbonyl (C=O) groups excluding carboxylic acids is 1. The third kappa shape index (κ3) is 3.65. The number of aryl methyl sites for hydroxylation is 1. The van der Waals surface area contributed by atoms with E-state index in [1.165, 1.54) is 12.8 Å². The van der Waals surface area contributed by atoms with Crippen LogP contribution in [-0.4, -0.2) is 35.6 Å². The van der Waals surface area contributed by atoms with Crippen molar-refractivity contribution in [1.29, 1.82) is 0 Å². The highest BCUT2D eigenvalue weighted by atomic mass is 16.5. The lowest BCUT2D eigenvalue weighted by Gasteiger charge is -2.43. The lowest BCUT2D eigenvalue weighted by atomic mass is 9.82. The van der Waals surface area contributed by atoms with Gasteiger partial charge in [0, 0.05) is 11.1 Å². The smallest absolute Gasteiger partial charge is 0.257 e. The molecule has 1 N–H and O–H groups in total. The molecule has 156 valence electrons. The van der Waals surface area contributed by atoms with E-state index < -0.39 is 0 Å². The van der Waals surface area contributed by atoms with Crippen LogP contribution in [0.15, 0.2) is 65.2 Å². The summed E-state index contributed by atoms with van der Waals surface area (Å²) in [5.41, 5.74) is 2.97. The molecule has 0 bridgehead atoms. The molecule has 1 amide bonds. The zero-order valence-electron chi connectivity index (χ0n) is 17.9. The second-order valence-corrected chi connectivity index (χ2v) is 8.35. The topological polar surface area (TPSA) is 58.4 Å². The van der Waals surface area contributed by atoms with E-state index in [4.69, 9.17) is 4.52 Å². The van der Waals surface area contributed by atoms with Crippen molar-refractivity contribution in [3.63, 3.8) is 0 Å². The molecule has 30 heavy (non-hydrogen) atoms. The molecule has 3 aromatic rings. The van der Waals surface area contributed by atoms with Gasteiger partial charge in [-0.05, 0) is 39.4 Å². The summed E-state index contributed by atoms with van der Waals surface area (Å²) in [6, 6.07) is 19.9. The number of aromatic nitrogens is 1. The van der Waals surface area contributed by atoms with Crippen molar-refractivity contribution >= 4 is 5.91 Å². The van der Waals surface area contributed by atoms with Gasteiger partial charge in [0.15, 0.2) is 0 Å². The fraction of sp³-hybridized carbons (Fsp3) is 0.360. The van der Waals surface area contributed by atoms with E-state index in [1.54, 1.807) is 6.92 Å². The zero-order valence-corrected chi connectivity index (χ0v) is 17.9. The lowest BCUT2D eigenvalue weighted by molar-refractivity contribution is 0.0765. The highest BCUT2D eigenvalue weighted by Gasteiger charge is 2.45. The van der Waals surface area contributed by atoms with Crippen LogP contribution >= 0.6 is 0 Å². The molecule has 4 rings (SSSR count). The summed E-state index contributed by atoms with van der Waals surface area (Å²) in [7, 11) is 4.24. The number of benzene rings is 2. The average Bonchev–Trinajstić information content (AvgIpc) is 3.41. The molecule has 0 aliphatic heterocycles. The maximum Gasteiger partial charge on any atom is 0.257 e. The number of nitrogens with zero attached hydrogens (tertiary/aromatic N) is 2. The molecule has 0 saturated heterocycles. The number of nitrogens with one attached hydrogen (secondary N) is 1. The van der Waals surface area contributed by atoms with Crippen LogP contribution in [0.1, 0.15) is 53.4 Å². The van der Waals surface area contributed by atoms with Gasteiger partial charge in [0.05, 0.1) is 6.04 Å². The minimum Gasteiger partial charge on any atom is -0.360 e. The van der Waals surface area contributed by atoms with Crippen molar-refractivity contribution in [2.75, 3.05) is 14.1 Å². The van der Waals surface area contributed by atoms with Gasteiger partial charge < -0.3 is 14.7 Å². The van der Waals surface area contributed by atoms with Gasteiger partial charge in [-0.3, -0.25) is 4.79 Å². The predicted molar refractivity (Wildman–Crippen MR) is 118 cm³/mol. The average molecular weight is 404 g/mol. The van der Waals surface area contributed by atoms with Crippen LogP contribution in [0.25, 0.3) is 11.3 Å². The van der Waals surface area contributed by atoms with Gasteiger partial charge in [-0.2, -0.15) is 0 Å². The van der Waals surface area contributed by atoms with Gasteiger partial charge in [-0.15, -0.1) is 0 Å². The molecule has 1 atom stereocenters. The van der Waals surface area contributed by atoms with Crippen LogP contribution in [-0.2, 0) is 0 Å². The molecule has 1 aliphatic rings. The summed E-state index contributed by atoms with van der Waals surface area (Å²) >= 11 is 0. The minimum atomic E-state index is -0.144. The highest BCUT2D eigenvalue weighted by Crippen LogP contribution is 2.43. The molecule has 0 radical (unpaired) electrons. The molecule has 0 spiro atoms. The van der Waals surface area contributed by atoms with E-state index in [2.05, 4.69) is 41.6 Å². The Labute approximate surface area is 178 Å². The molecule has 1 aromatic heterocycles. The van der Waals surface area contributed by atoms with Crippen LogP contribution in [0.4, 0.5) is 0 Å². The lowest BCUT2D eigenvalue weighted by Crippen LogP contribution is -2.53. The summed E-state index contributed by atoms with van der Waals surface area (Å²) in [4.78, 5) is 15.9. The molecule has 1 fully saturated rings. The molecule has 1 saturated carbocycles. The van der Waals surface area contributed by atoms with Crippen molar-refractivity contribution in [2.24, 2.45) is 0 Å². The summed E-state index contributed by atoms with van der Waals surface area (Å²) in [5, 5.41) is 7.56. The fourth-order valence-electron chi connectivity index (χ4n) is 4.79. The van der Waals surface area contributed by atoms with Crippen molar-refractivity contribution < 1.29 is 9.32 Å². The van der Waals surface area contributed by atoms with E-state index in [0.717, 1.165) is 24.0 Å². The second kappa shape index (κ2) is 8.44. The molecular formula is C25H29N3O2. The van der Waals surface area contributed by atoms with Gasteiger partial charge in [-0.25, -0.2) is 0 Å². The number of rotatable bonds is 6. The molecule has 5 heteroatoms. The SMILES string of the molecule is Cc1onc(-c2ccccc2)c1C(=O)NC(c1ccccc1)C1(N(C)C)CCCC1. The van der Waals surface area contributed by atoms with E-state index in [0.29, 0.717) is 17.0 Å². The van der Waals surface area contributed by atoms with Crippen LogP contribution in [0.3, 0.4) is 0 Å². The van der Waals surface area contributed by atoms with Crippen LogP contribution < -0.4 is 5.32 Å². The Morgan fingerprint density at radius 3 is 2.23 bits per heavy atom. The number of hydrogen-bond acceptors (Lipinski definition) is 4. The first-order valence-corrected chi connectivity index (χ1v) is 10.6. The monoisotopic (exact) mass is 403 g/mol. The first-order chi connectivity index (χ1) is 14.5. The van der Waals surface area contributed by atoms with Crippen LogP contribution in [0, 0.1) is 6.92 Å². The van der Waals surface area contributed by atoms with Gasteiger partial charge >= 0.3 is 0 Å². The molecule has 1 aliphatic carbocycles. The predicted octanol–water partition coefficient (Wildman–Crippen LogP) is 5.00. The minimum absolute atomic E-state index is 0.116. The van der Waals surface area contributed by atoms with Gasteiger partial charge in [0.2, 0.25) is 0 Å². The Balaban J connectivity index is 1.73. The first-order valence-electron chi connectivity index (χ1n) is 10.6. The fourth-order valence-corrected chi connectivity index (χ4v) is 4.79. The Bertz CT molecular complexity index is 990. The van der Waals surface area contributed by atoms with Gasteiger partial charge in [0.1, 0.15) is 17.0 Å². The molecular weight excluding hydrogens is 374 g/mol. The number of hydrogen-bond donors (Lipinski definition) is 1. The summed E-state index contributed by atoms with van der Waals surface area (Å²) < 4.78 is 5.44. The van der Waals surface area contributed by atoms with Crippen molar-refractivity contribution in [3.8, 4) is 11.3 Å². The quantitative estimate of drug-likeness (QED) is 0.630.